The zero-order valence-corrected chi connectivity index (χ0v) is 17.6. The maximum atomic E-state index is 11.8. The monoisotopic (exact) mass is 394 g/mol. The molecule has 1 saturated heterocycles. The molecule has 5 heteroatoms. The lowest BCUT2D eigenvalue weighted by Crippen LogP contribution is -2.33. The number of rotatable bonds is 9. The Morgan fingerprint density at radius 2 is 1.79 bits per heavy atom. The number of hydrogen-bond acceptors (Lipinski definition) is 3. The number of benzene rings is 1. The van der Waals surface area contributed by atoms with Crippen molar-refractivity contribution < 1.29 is 4.79 Å². The molecule has 2 heterocycles. The van der Waals surface area contributed by atoms with Crippen molar-refractivity contribution in [2.45, 2.75) is 71.0 Å². The number of piperidine rings is 1. The van der Waals surface area contributed by atoms with Crippen molar-refractivity contribution in [1.82, 2.24) is 20.0 Å². The molecule has 0 radical (unpaired) electrons. The van der Waals surface area contributed by atoms with Gasteiger partial charge in [-0.15, -0.1) is 0 Å². The average Bonchev–Trinajstić information content (AvgIpc) is 3.44. The van der Waals surface area contributed by atoms with Gasteiger partial charge in [0.1, 0.15) is 0 Å². The van der Waals surface area contributed by atoms with Crippen molar-refractivity contribution in [3.8, 4) is 0 Å². The molecule has 2 fully saturated rings. The van der Waals surface area contributed by atoms with E-state index in [2.05, 4.69) is 52.7 Å². The van der Waals surface area contributed by atoms with Crippen molar-refractivity contribution in [2.75, 3.05) is 13.1 Å². The quantitative estimate of drug-likeness (QED) is 0.707. The number of aromatic nitrogens is 2. The maximum Gasteiger partial charge on any atom is 0.220 e. The second kappa shape index (κ2) is 9.57. The number of carbonyl (C=O) groups is 1. The van der Waals surface area contributed by atoms with Crippen LogP contribution < -0.4 is 5.32 Å². The van der Waals surface area contributed by atoms with Gasteiger partial charge < -0.3 is 5.32 Å². The van der Waals surface area contributed by atoms with Crippen LogP contribution in [0.4, 0.5) is 0 Å². The highest BCUT2D eigenvalue weighted by molar-refractivity contribution is 5.76. The Hall–Kier alpha value is -2.14. The van der Waals surface area contributed by atoms with E-state index in [-0.39, 0.29) is 5.91 Å². The normalized spacial score (nSPS) is 18.1. The first-order chi connectivity index (χ1) is 14.2. The molecule has 156 valence electrons. The Kier molecular flexibility index (Phi) is 6.65. The SMILES string of the molecule is CCn1cc(CN2CCC(Cc3ccc(CCC(=O)NC4CC4)cc3)CC2)cn1. The van der Waals surface area contributed by atoms with Gasteiger partial charge in [-0.3, -0.25) is 14.4 Å². The van der Waals surface area contributed by atoms with E-state index in [1.54, 1.807) is 0 Å². The summed E-state index contributed by atoms with van der Waals surface area (Å²) < 4.78 is 2.01. The molecule has 1 N–H and O–H groups in total. The van der Waals surface area contributed by atoms with E-state index in [0.717, 1.165) is 38.3 Å². The minimum absolute atomic E-state index is 0.199. The number of nitrogens with zero attached hydrogens (tertiary/aromatic N) is 3. The molecule has 1 aromatic heterocycles. The van der Waals surface area contributed by atoms with E-state index in [9.17, 15) is 4.79 Å². The summed E-state index contributed by atoms with van der Waals surface area (Å²) >= 11 is 0. The maximum absolute atomic E-state index is 11.8. The molecule has 2 aliphatic rings. The zero-order chi connectivity index (χ0) is 20.1. The van der Waals surface area contributed by atoms with Crippen LogP contribution in [0.3, 0.4) is 0 Å². The van der Waals surface area contributed by atoms with Crippen LogP contribution in [0.1, 0.15) is 55.7 Å². The van der Waals surface area contributed by atoms with E-state index in [4.69, 9.17) is 0 Å². The molecule has 0 bridgehead atoms. The molecule has 0 unspecified atom stereocenters. The molecule has 1 amide bonds. The summed E-state index contributed by atoms with van der Waals surface area (Å²) in [6.07, 6.45) is 11.6. The van der Waals surface area contributed by atoms with Crippen LogP contribution in [0.5, 0.6) is 0 Å². The van der Waals surface area contributed by atoms with Crippen molar-refractivity contribution in [3.05, 3.63) is 53.3 Å². The molecule has 1 aliphatic heterocycles. The topological polar surface area (TPSA) is 50.2 Å². The molecular formula is C24H34N4O. The predicted molar refractivity (Wildman–Crippen MR) is 116 cm³/mol. The van der Waals surface area contributed by atoms with Crippen LogP contribution in [-0.4, -0.2) is 39.7 Å². The van der Waals surface area contributed by atoms with Gasteiger partial charge in [0, 0.05) is 37.3 Å². The minimum atomic E-state index is 0.199. The summed E-state index contributed by atoms with van der Waals surface area (Å²) in [5.74, 6) is 0.977. The van der Waals surface area contributed by atoms with E-state index < -0.39 is 0 Å². The highest BCUT2D eigenvalue weighted by atomic mass is 16.1. The highest BCUT2D eigenvalue weighted by Gasteiger charge is 2.23. The second-order valence-electron chi connectivity index (χ2n) is 8.79. The third-order valence-corrected chi connectivity index (χ3v) is 6.25. The molecule has 0 atom stereocenters. The zero-order valence-electron chi connectivity index (χ0n) is 17.6. The van der Waals surface area contributed by atoms with Crippen LogP contribution >= 0.6 is 0 Å². The molecule has 5 nitrogen and oxygen atoms in total. The Balaban J connectivity index is 1.17. The number of likely N-dealkylation sites (tertiary alicyclic amines) is 1. The summed E-state index contributed by atoms with van der Waals surface area (Å²) in [7, 11) is 0. The van der Waals surface area contributed by atoms with Gasteiger partial charge in [-0.05, 0) is 75.6 Å². The third-order valence-electron chi connectivity index (χ3n) is 6.25. The van der Waals surface area contributed by atoms with E-state index >= 15 is 0 Å². The first kappa shape index (κ1) is 20.1. The average molecular weight is 395 g/mol. The van der Waals surface area contributed by atoms with Crippen molar-refractivity contribution >= 4 is 5.91 Å². The van der Waals surface area contributed by atoms with Gasteiger partial charge in [0.05, 0.1) is 6.20 Å². The van der Waals surface area contributed by atoms with Crippen LogP contribution in [0.15, 0.2) is 36.7 Å². The number of hydrogen-bond donors (Lipinski definition) is 1. The van der Waals surface area contributed by atoms with E-state index in [1.165, 1.54) is 49.0 Å². The number of carbonyl (C=O) groups excluding carboxylic acids is 1. The van der Waals surface area contributed by atoms with Gasteiger partial charge in [0.25, 0.3) is 0 Å². The fourth-order valence-electron chi connectivity index (χ4n) is 4.23. The molecule has 4 rings (SSSR count). The highest BCUT2D eigenvalue weighted by Crippen LogP contribution is 2.23. The Bertz CT molecular complexity index is 785. The van der Waals surface area contributed by atoms with Gasteiger partial charge in [-0.25, -0.2) is 0 Å². The summed E-state index contributed by atoms with van der Waals surface area (Å²) in [4.78, 5) is 14.4. The molecule has 0 spiro atoms. The first-order valence-corrected chi connectivity index (χ1v) is 11.3. The molecule has 2 aromatic rings. The molecule has 29 heavy (non-hydrogen) atoms. The van der Waals surface area contributed by atoms with Crippen molar-refractivity contribution in [3.63, 3.8) is 0 Å². The standard InChI is InChI=1S/C24H34N4O/c1-2-28-18-22(16-25-28)17-27-13-11-21(12-14-27)15-20-5-3-19(4-6-20)7-10-24(29)26-23-8-9-23/h3-6,16,18,21,23H,2,7-15,17H2,1H3,(H,26,29). The Labute approximate surface area is 174 Å². The van der Waals surface area contributed by atoms with Crippen LogP contribution in [0.25, 0.3) is 0 Å². The summed E-state index contributed by atoms with van der Waals surface area (Å²) in [6, 6.07) is 9.41. The number of aryl methyl sites for hydroxylation is 2. The van der Waals surface area contributed by atoms with Crippen molar-refractivity contribution in [2.24, 2.45) is 5.92 Å². The lowest BCUT2D eigenvalue weighted by molar-refractivity contribution is -0.121. The van der Waals surface area contributed by atoms with E-state index in [1.807, 2.05) is 10.9 Å². The molecule has 1 saturated carbocycles. The molecule has 1 aromatic carbocycles. The summed E-state index contributed by atoms with van der Waals surface area (Å²) in [5.41, 5.74) is 4.02. The molecular weight excluding hydrogens is 360 g/mol. The summed E-state index contributed by atoms with van der Waals surface area (Å²) in [6.45, 7) is 6.44. The summed E-state index contributed by atoms with van der Waals surface area (Å²) in [5, 5.41) is 7.45. The van der Waals surface area contributed by atoms with Crippen molar-refractivity contribution in [1.29, 1.82) is 0 Å². The first-order valence-electron chi connectivity index (χ1n) is 11.3. The largest absolute Gasteiger partial charge is 0.353 e. The van der Waals surface area contributed by atoms with Crippen LogP contribution in [0, 0.1) is 5.92 Å². The number of amides is 1. The third kappa shape index (κ3) is 6.17. The lowest BCUT2D eigenvalue weighted by Gasteiger charge is -2.31. The van der Waals surface area contributed by atoms with Gasteiger partial charge in [-0.2, -0.15) is 5.10 Å². The van der Waals surface area contributed by atoms with E-state index in [0.29, 0.717) is 12.5 Å². The Morgan fingerprint density at radius 1 is 1.07 bits per heavy atom. The van der Waals surface area contributed by atoms with Gasteiger partial charge in [-0.1, -0.05) is 24.3 Å². The lowest BCUT2D eigenvalue weighted by atomic mass is 9.89. The fraction of sp³-hybridized carbons (Fsp3) is 0.583. The van der Waals surface area contributed by atoms with Gasteiger partial charge >= 0.3 is 0 Å². The van der Waals surface area contributed by atoms with Crippen LogP contribution in [0.2, 0.25) is 0 Å². The number of nitrogens with one attached hydrogen (secondary N) is 1. The predicted octanol–water partition coefficient (Wildman–Crippen LogP) is 3.57. The molecule has 1 aliphatic carbocycles. The van der Waals surface area contributed by atoms with Gasteiger partial charge in [0.2, 0.25) is 5.91 Å². The second-order valence-corrected chi connectivity index (χ2v) is 8.79. The fourth-order valence-corrected chi connectivity index (χ4v) is 4.23. The van der Waals surface area contributed by atoms with Gasteiger partial charge in [0.15, 0.2) is 0 Å². The smallest absolute Gasteiger partial charge is 0.220 e. The minimum Gasteiger partial charge on any atom is -0.353 e. The Morgan fingerprint density at radius 3 is 2.45 bits per heavy atom. The van der Waals surface area contributed by atoms with Crippen LogP contribution in [-0.2, 0) is 30.7 Å².